The molecule has 0 saturated carbocycles. The molecule has 1 N–H and O–H groups in total. The van der Waals surface area contributed by atoms with E-state index in [0.29, 0.717) is 22.0 Å². The summed E-state index contributed by atoms with van der Waals surface area (Å²) in [6.45, 7) is 9.18. The molecule has 202 valence electrons. The number of nitrogens with zero attached hydrogens (tertiary/aromatic N) is 2. The number of hydrogen-bond donors (Lipinski definition) is 1. The standard InChI is InChI=1S/C28H34Cl2F2N2O3/c1-5-20(29)11-10-18(3)25-23(19-8-7-9-21(30)12-19)13-27(4,14-24(35)36)26(37)34(25)22(6-2)15-33-16-28(31,32)17-33/h5,7-12,22-23,25H,3,6,13-17H2,1-2,4H3,(H,35,36)/b11-10-,20-5+/t22-,23+,25+,27+/m0/s1. The molecule has 4 atom stereocenters. The summed E-state index contributed by atoms with van der Waals surface area (Å²) in [6, 6.07) is 6.33. The number of halogens is 4. The van der Waals surface area contributed by atoms with Crippen molar-refractivity contribution in [2.75, 3.05) is 19.6 Å². The molecule has 2 saturated heterocycles. The Bertz CT molecular complexity index is 1100. The van der Waals surface area contributed by atoms with Crippen molar-refractivity contribution in [1.82, 2.24) is 9.80 Å². The van der Waals surface area contributed by atoms with Gasteiger partial charge in [0.25, 0.3) is 5.92 Å². The molecule has 2 aliphatic rings. The Balaban J connectivity index is 2.13. The summed E-state index contributed by atoms with van der Waals surface area (Å²) in [6.07, 6.45) is 5.60. The van der Waals surface area contributed by atoms with Gasteiger partial charge in [0.2, 0.25) is 5.91 Å². The number of carboxylic acids is 1. The summed E-state index contributed by atoms with van der Waals surface area (Å²) in [5.74, 6) is -4.45. The molecule has 5 nitrogen and oxygen atoms in total. The zero-order chi connectivity index (χ0) is 27.5. The van der Waals surface area contributed by atoms with Crippen molar-refractivity contribution in [2.24, 2.45) is 5.41 Å². The van der Waals surface area contributed by atoms with Crippen LogP contribution in [0, 0.1) is 5.41 Å². The van der Waals surface area contributed by atoms with Gasteiger partial charge < -0.3 is 10.0 Å². The van der Waals surface area contributed by atoms with Crippen molar-refractivity contribution in [3.05, 3.63) is 70.3 Å². The van der Waals surface area contributed by atoms with Gasteiger partial charge in [-0.05, 0) is 49.1 Å². The van der Waals surface area contributed by atoms with Crippen molar-refractivity contribution in [2.45, 2.75) is 64.0 Å². The first kappa shape index (κ1) is 29.3. The lowest BCUT2D eigenvalue weighted by atomic mass is 9.67. The zero-order valence-corrected chi connectivity index (χ0v) is 22.9. The molecular formula is C28H34Cl2F2N2O3. The smallest absolute Gasteiger partial charge is 0.304 e. The highest BCUT2D eigenvalue weighted by atomic mass is 35.5. The summed E-state index contributed by atoms with van der Waals surface area (Å²) in [7, 11) is 0. The first-order valence-electron chi connectivity index (χ1n) is 12.4. The van der Waals surface area contributed by atoms with Crippen LogP contribution in [0.25, 0.3) is 0 Å². The van der Waals surface area contributed by atoms with Gasteiger partial charge in [0, 0.05) is 28.6 Å². The molecule has 2 fully saturated rings. The lowest BCUT2D eigenvalue weighted by molar-refractivity contribution is -0.163. The van der Waals surface area contributed by atoms with Crippen LogP contribution in [0.15, 0.2) is 59.7 Å². The van der Waals surface area contributed by atoms with E-state index in [2.05, 4.69) is 6.58 Å². The Morgan fingerprint density at radius 1 is 1.32 bits per heavy atom. The second kappa shape index (κ2) is 11.7. The molecule has 2 heterocycles. The van der Waals surface area contributed by atoms with Gasteiger partial charge in [-0.2, -0.15) is 0 Å². The highest BCUT2D eigenvalue weighted by Gasteiger charge is 2.53. The van der Waals surface area contributed by atoms with Crippen LogP contribution in [0.5, 0.6) is 0 Å². The first-order valence-corrected chi connectivity index (χ1v) is 13.1. The number of aliphatic carboxylic acids is 1. The Hall–Kier alpha value is -2.22. The van der Waals surface area contributed by atoms with Gasteiger partial charge in [-0.1, -0.05) is 67.9 Å². The van der Waals surface area contributed by atoms with Gasteiger partial charge in [0.15, 0.2) is 0 Å². The molecule has 0 spiro atoms. The fraction of sp³-hybridized carbons (Fsp3) is 0.500. The van der Waals surface area contributed by atoms with E-state index in [0.717, 1.165) is 5.56 Å². The van der Waals surface area contributed by atoms with Crippen molar-refractivity contribution >= 4 is 35.1 Å². The Morgan fingerprint density at radius 3 is 2.54 bits per heavy atom. The van der Waals surface area contributed by atoms with Crippen LogP contribution in [0.1, 0.15) is 51.5 Å². The maximum absolute atomic E-state index is 14.1. The van der Waals surface area contributed by atoms with E-state index in [1.165, 1.54) is 0 Å². The minimum absolute atomic E-state index is 0.256. The van der Waals surface area contributed by atoms with Crippen LogP contribution in [0.3, 0.4) is 0 Å². The molecule has 2 aliphatic heterocycles. The number of carbonyl (C=O) groups excluding carboxylic acids is 1. The fourth-order valence-electron chi connectivity index (χ4n) is 5.50. The number of allylic oxidation sites excluding steroid dienone is 3. The van der Waals surface area contributed by atoms with Crippen LogP contribution in [0.2, 0.25) is 5.02 Å². The number of carbonyl (C=O) groups is 2. The average Bonchev–Trinajstić information content (AvgIpc) is 2.80. The predicted molar refractivity (Wildman–Crippen MR) is 143 cm³/mol. The Kier molecular flexibility index (Phi) is 9.25. The minimum atomic E-state index is -2.74. The maximum atomic E-state index is 14.1. The van der Waals surface area contributed by atoms with Crippen molar-refractivity contribution < 1.29 is 23.5 Å². The molecule has 1 aromatic carbocycles. The monoisotopic (exact) mass is 554 g/mol. The molecule has 0 aromatic heterocycles. The second-order valence-electron chi connectivity index (χ2n) is 10.3. The maximum Gasteiger partial charge on any atom is 0.304 e. The minimum Gasteiger partial charge on any atom is -0.481 e. The molecule has 0 radical (unpaired) electrons. The van der Waals surface area contributed by atoms with Gasteiger partial charge in [-0.15, -0.1) is 0 Å². The fourth-order valence-corrected chi connectivity index (χ4v) is 5.76. The largest absolute Gasteiger partial charge is 0.481 e. The number of likely N-dealkylation sites (tertiary alicyclic amines) is 2. The second-order valence-corrected chi connectivity index (χ2v) is 11.2. The van der Waals surface area contributed by atoms with Gasteiger partial charge in [0.1, 0.15) is 0 Å². The zero-order valence-electron chi connectivity index (χ0n) is 21.4. The molecule has 0 unspecified atom stereocenters. The van der Waals surface area contributed by atoms with Crippen LogP contribution in [-0.4, -0.2) is 64.4 Å². The third-order valence-electron chi connectivity index (χ3n) is 7.28. The number of carboxylic acid groups (broad SMARTS) is 1. The molecule has 1 amide bonds. The average molecular weight is 555 g/mol. The van der Waals surface area contributed by atoms with E-state index >= 15 is 0 Å². The normalized spacial score (nSPS) is 27.3. The number of alkyl halides is 2. The van der Waals surface area contributed by atoms with Crippen LogP contribution in [-0.2, 0) is 9.59 Å². The lowest BCUT2D eigenvalue weighted by Gasteiger charge is -2.53. The van der Waals surface area contributed by atoms with Gasteiger partial charge in [0.05, 0.1) is 31.0 Å². The quantitative estimate of drug-likeness (QED) is 0.336. The van der Waals surface area contributed by atoms with E-state index in [9.17, 15) is 23.5 Å². The summed E-state index contributed by atoms with van der Waals surface area (Å²) in [5, 5.41) is 10.7. The molecule has 0 bridgehead atoms. The summed E-state index contributed by atoms with van der Waals surface area (Å²) in [5.41, 5.74) is 0.263. The van der Waals surface area contributed by atoms with E-state index < -0.39 is 29.4 Å². The van der Waals surface area contributed by atoms with Crippen molar-refractivity contribution in [3.8, 4) is 0 Å². The van der Waals surface area contributed by atoms with Gasteiger partial charge >= 0.3 is 5.97 Å². The molecule has 3 rings (SSSR count). The Morgan fingerprint density at radius 2 is 2.00 bits per heavy atom. The van der Waals surface area contributed by atoms with Crippen LogP contribution in [0.4, 0.5) is 8.78 Å². The molecule has 37 heavy (non-hydrogen) atoms. The number of benzene rings is 1. The number of rotatable bonds is 10. The topological polar surface area (TPSA) is 60.9 Å². The highest BCUT2D eigenvalue weighted by molar-refractivity contribution is 6.31. The number of amides is 1. The van der Waals surface area contributed by atoms with E-state index in [1.807, 2.05) is 25.1 Å². The Labute approximate surface area is 227 Å². The molecule has 0 aliphatic carbocycles. The third-order valence-corrected chi connectivity index (χ3v) is 7.86. The molecule has 9 heteroatoms. The number of hydrogen-bond acceptors (Lipinski definition) is 3. The van der Waals surface area contributed by atoms with Crippen molar-refractivity contribution in [3.63, 3.8) is 0 Å². The third kappa shape index (κ3) is 6.81. The number of piperidine rings is 1. The summed E-state index contributed by atoms with van der Waals surface area (Å²) >= 11 is 12.5. The summed E-state index contributed by atoms with van der Waals surface area (Å²) < 4.78 is 27.2. The molecule has 1 aromatic rings. The van der Waals surface area contributed by atoms with Gasteiger partial charge in [-0.25, -0.2) is 8.78 Å². The lowest BCUT2D eigenvalue weighted by Crippen LogP contribution is -2.64. The van der Waals surface area contributed by atoms with Gasteiger partial charge in [-0.3, -0.25) is 14.5 Å². The molecular weight excluding hydrogens is 521 g/mol. The summed E-state index contributed by atoms with van der Waals surface area (Å²) in [4.78, 5) is 29.3. The van der Waals surface area contributed by atoms with Crippen LogP contribution < -0.4 is 0 Å². The SMILES string of the molecule is C=C(/C=C\C(Cl)=C/C)[C@@H]1[C@@H](c2cccc(Cl)c2)C[C@](C)(CC(=O)O)C(=O)N1[C@@H](CC)CN1CC(F)(F)C1. The predicted octanol–water partition coefficient (Wildman–Crippen LogP) is 6.49. The van der Waals surface area contributed by atoms with E-state index in [-0.39, 0.29) is 44.3 Å². The van der Waals surface area contributed by atoms with E-state index in [1.54, 1.807) is 47.9 Å². The van der Waals surface area contributed by atoms with E-state index in [4.69, 9.17) is 23.2 Å². The highest BCUT2D eigenvalue weighted by Crippen LogP contribution is 2.48. The first-order chi connectivity index (χ1) is 17.3. The van der Waals surface area contributed by atoms with Crippen molar-refractivity contribution in [1.29, 1.82) is 0 Å². The van der Waals surface area contributed by atoms with Crippen LogP contribution >= 0.6 is 23.2 Å².